The van der Waals surface area contributed by atoms with Crippen LogP contribution in [0.25, 0.3) is 0 Å². The second-order valence-electron chi connectivity index (χ2n) is 4.48. The molecule has 4 heteroatoms. The highest BCUT2D eigenvalue weighted by Crippen LogP contribution is 2.11. The fourth-order valence-corrected chi connectivity index (χ4v) is 1.88. The van der Waals surface area contributed by atoms with E-state index in [1.807, 2.05) is 31.2 Å². The molecule has 0 aliphatic rings. The topological polar surface area (TPSA) is 57.6 Å². The maximum absolute atomic E-state index is 12.0. The highest BCUT2D eigenvalue weighted by molar-refractivity contribution is 5.96. The Hall–Kier alpha value is -1.84. The first-order valence-corrected chi connectivity index (χ1v) is 5.99. The van der Waals surface area contributed by atoms with Crippen LogP contribution >= 0.6 is 0 Å². The summed E-state index contributed by atoms with van der Waals surface area (Å²) in [4.78, 5) is 24.4. The summed E-state index contributed by atoms with van der Waals surface area (Å²) >= 11 is 0. The normalized spacial score (nSPS) is 11.9. The molecule has 0 aromatic heterocycles. The van der Waals surface area contributed by atoms with E-state index in [-0.39, 0.29) is 5.91 Å². The van der Waals surface area contributed by atoms with Crippen molar-refractivity contribution in [2.45, 2.75) is 26.8 Å². The van der Waals surface area contributed by atoms with Gasteiger partial charge in [0.25, 0.3) is 0 Å². The van der Waals surface area contributed by atoms with Crippen molar-refractivity contribution < 1.29 is 14.7 Å². The highest BCUT2D eigenvalue weighted by Gasteiger charge is 2.26. The highest BCUT2D eigenvalue weighted by atomic mass is 16.4. The van der Waals surface area contributed by atoms with Crippen molar-refractivity contribution in [2.75, 3.05) is 7.05 Å². The molecule has 0 heterocycles. The first-order valence-electron chi connectivity index (χ1n) is 5.99. The van der Waals surface area contributed by atoms with Crippen LogP contribution in [-0.2, 0) is 16.1 Å². The SMILES string of the molecule is CCC(C(=O)O)C(=O)N(C)Cc1cccc(C)c1. The van der Waals surface area contributed by atoms with Crippen LogP contribution < -0.4 is 0 Å². The van der Waals surface area contributed by atoms with Crippen LogP contribution in [0.5, 0.6) is 0 Å². The minimum atomic E-state index is -1.06. The lowest BCUT2D eigenvalue weighted by Crippen LogP contribution is -2.36. The lowest BCUT2D eigenvalue weighted by Gasteiger charge is -2.21. The standard InChI is InChI=1S/C14H19NO3/c1-4-12(14(17)18)13(16)15(3)9-11-7-5-6-10(2)8-11/h5-8,12H,4,9H2,1-3H3,(H,17,18). The monoisotopic (exact) mass is 249 g/mol. The minimum absolute atomic E-state index is 0.312. The molecule has 0 spiro atoms. The third kappa shape index (κ3) is 3.58. The van der Waals surface area contributed by atoms with Crippen LogP contribution in [0.4, 0.5) is 0 Å². The molecule has 18 heavy (non-hydrogen) atoms. The van der Waals surface area contributed by atoms with Gasteiger partial charge in [0.2, 0.25) is 5.91 Å². The predicted octanol–water partition coefficient (Wildman–Crippen LogP) is 2.06. The molecule has 1 aromatic carbocycles. The quantitative estimate of drug-likeness (QED) is 0.813. The Kier molecular flexibility index (Phi) is 4.89. The molecule has 0 aliphatic carbocycles. The average molecular weight is 249 g/mol. The lowest BCUT2D eigenvalue weighted by molar-refractivity contribution is -0.150. The van der Waals surface area contributed by atoms with Gasteiger partial charge < -0.3 is 10.0 Å². The first kappa shape index (κ1) is 14.2. The summed E-state index contributed by atoms with van der Waals surface area (Å²) in [5, 5.41) is 8.96. The van der Waals surface area contributed by atoms with Crippen LogP contribution in [0.1, 0.15) is 24.5 Å². The maximum Gasteiger partial charge on any atom is 0.316 e. The van der Waals surface area contributed by atoms with E-state index in [0.717, 1.165) is 11.1 Å². The largest absolute Gasteiger partial charge is 0.481 e. The number of benzene rings is 1. The number of nitrogens with zero attached hydrogens (tertiary/aromatic N) is 1. The third-order valence-electron chi connectivity index (χ3n) is 2.88. The number of hydrogen-bond acceptors (Lipinski definition) is 2. The molecule has 1 N–H and O–H groups in total. The van der Waals surface area contributed by atoms with Gasteiger partial charge in [-0.15, -0.1) is 0 Å². The molecule has 1 rings (SSSR count). The molecule has 0 aliphatic heterocycles. The Morgan fingerprint density at radius 1 is 1.39 bits per heavy atom. The summed E-state index contributed by atoms with van der Waals surface area (Å²) in [5.74, 6) is -2.34. The summed E-state index contributed by atoms with van der Waals surface area (Å²) in [5.41, 5.74) is 2.13. The lowest BCUT2D eigenvalue weighted by atomic mass is 10.0. The Labute approximate surface area is 107 Å². The van der Waals surface area contributed by atoms with Gasteiger partial charge in [-0.05, 0) is 18.9 Å². The summed E-state index contributed by atoms with van der Waals surface area (Å²) in [6.07, 6.45) is 0.312. The number of carbonyl (C=O) groups excluding carboxylic acids is 1. The average Bonchev–Trinajstić information content (AvgIpc) is 2.29. The number of hydrogen-bond donors (Lipinski definition) is 1. The van der Waals surface area contributed by atoms with Crippen molar-refractivity contribution in [1.82, 2.24) is 4.90 Å². The van der Waals surface area contributed by atoms with Crippen molar-refractivity contribution in [2.24, 2.45) is 5.92 Å². The zero-order chi connectivity index (χ0) is 13.7. The molecule has 1 unspecified atom stereocenters. The second kappa shape index (κ2) is 6.19. The molecule has 98 valence electrons. The molecule has 0 saturated carbocycles. The van der Waals surface area contributed by atoms with Crippen LogP contribution in [0.3, 0.4) is 0 Å². The fourth-order valence-electron chi connectivity index (χ4n) is 1.88. The van der Waals surface area contributed by atoms with Crippen molar-refractivity contribution in [3.63, 3.8) is 0 Å². The molecule has 0 fully saturated rings. The van der Waals surface area contributed by atoms with E-state index in [0.29, 0.717) is 13.0 Å². The number of amides is 1. The number of aliphatic carboxylic acids is 1. The van der Waals surface area contributed by atoms with E-state index < -0.39 is 11.9 Å². The van der Waals surface area contributed by atoms with E-state index in [4.69, 9.17) is 5.11 Å². The Morgan fingerprint density at radius 3 is 2.56 bits per heavy atom. The van der Waals surface area contributed by atoms with E-state index in [1.165, 1.54) is 4.90 Å². The predicted molar refractivity (Wildman–Crippen MR) is 69.1 cm³/mol. The fraction of sp³-hybridized carbons (Fsp3) is 0.429. The smallest absolute Gasteiger partial charge is 0.316 e. The van der Waals surface area contributed by atoms with E-state index in [9.17, 15) is 9.59 Å². The molecule has 4 nitrogen and oxygen atoms in total. The van der Waals surface area contributed by atoms with Crippen molar-refractivity contribution in [3.8, 4) is 0 Å². The van der Waals surface area contributed by atoms with Gasteiger partial charge in [0.15, 0.2) is 0 Å². The molecule has 0 radical (unpaired) electrons. The molecular weight excluding hydrogens is 230 g/mol. The number of aryl methyl sites for hydroxylation is 1. The molecule has 1 atom stereocenters. The zero-order valence-corrected chi connectivity index (χ0v) is 11.0. The van der Waals surface area contributed by atoms with E-state index in [2.05, 4.69) is 0 Å². The summed E-state index contributed by atoms with van der Waals surface area (Å²) in [6, 6.07) is 7.83. The Morgan fingerprint density at radius 2 is 2.06 bits per heavy atom. The van der Waals surface area contributed by atoms with Crippen molar-refractivity contribution in [1.29, 1.82) is 0 Å². The van der Waals surface area contributed by atoms with Crippen LogP contribution in [0.2, 0.25) is 0 Å². The van der Waals surface area contributed by atoms with Crippen LogP contribution in [-0.4, -0.2) is 28.9 Å². The van der Waals surface area contributed by atoms with Crippen LogP contribution in [0, 0.1) is 12.8 Å². The number of rotatable bonds is 5. The van der Waals surface area contributed by atoms with E-state index >= 15 is 0 Å². The van der Waals surface area contributed by atoms with Gasteiger partial charge in [-0.2, -0.15) is 0 Å². The molecule has 1 aromatic rings. The first-order chi connectivity index (χ1) is 8.45. The van der Waals surface area contributed by atoms with Gasteiger partial charge >= 0.3 is 5.97 Å². The van der Waals surface area contributed by atoms with Crippen molar-refractivity contribution >= 4 is 11.9 Å². The van der Waals surface area contributed by atoms with Crippen LogP contribution in [0.15, 0.2) is 24.3 Å². The molecule has 0 saturated heterocycles. The summed E-state index contributed by atoms with van der Waals surface area (Å²) in [7, 11) is 1.64. The van der Waals surface area contributed by atoms with Gasteiger partial charge in [-0.1, -0.05) is 36.8 Å². The number of carboxylic acids is 1. The number of carbonyl (C=O) groups is 2. The Balaban J connectivity index is 2.73. The van der Waals surface area contributed by atoms with Gasteiger partial charge in [0.05, 0.1) is 0 Å². The van der Waals surface area contributed by atoms with Gasteiger partial charge in [0, 0.05) is 13.6 Å². The van der Waals surface area contributed by atoms with E-state index in [1.54, 1.807) is 14.0 Å². The zero-order valence-electron chi connectivity index (χ0n) is 11.0. The maximum atomic E-state index is 12.0. The molecular formula is C14H19NO3. The number of carboxylic acid groups (broad SMARTS) is 1. The third-order valence-corrected chi connectivity index (χ3v) is 2.88. The Bertz CT molecular complexity index is 442. The second-order valence-corrected chi connectivity index (χ2v) is 4.48. The summed E-state index contributed by atoms with van der Waals surface area (Å²) in [6.45, 7) is 4.12. The van der Waals surface area contributed by atoms with Gasteiger partial charge in [0.1, 0.15) is 5.92 Å². The van der Waals surface area contributed by atoms with Gasteiger partial charge in [-0.25, -0.2) is 0 Å². The summed E-state index contributed by atoms with van der Waals surface area (Å²) < 4.78 is 0. The van der Waals surface area contributed by atoms with Crippen molar-refractivity contribution in [3.05, 3.63) is 35.4 Å². The molecule has 1 amide bonds. The minimum Gasteiger partial charge on any atom is -0.481 e. The van der Waals surface area contributed by atoms with Gasteiger partial charge in [-0.3, -0.25) is 9.59 Å². The molecule has 0 bridgehead atoms.